The number of esters is 1. The Bertz CT molecular complexity index is 969. The summed E-state index contributed by atoms with van der Waals surface area (Å²) in [5.41, 5.74) is 1.36. The molecule has 3 aromatic rings. The normalized spacial score (nSPS) is 10.2. The predicted molar refractivity (Wildman–Crippen MR) is 108 cm³/mol. The van der Waals surface area contributed by atoms with Crippen LogP contribution in [0.25, 0.3) is 0 Å². The molecule has 0 aliphatic heterocycles. The molecule has 0 bridgehead atoms. The van der Waals surface area contributed by atoms with Crippen molar-refractivity contribution in [2.75, 3.05) is 4.90 Å². The number of anilines is 1. The fourth-order valence-electron chi connectivity index (χ4n) is 2.81. The molecule has 0 atom stereocenters. The van der Waals surface area contributed by atoms with E-state index < -0.39 is 5.97 Å². The van der Waals surface area contributed by atoms with Crippen LogP contribution >= 0.6 is 0 Å². The molecule has 28 heavy (non-hydrogen) atoms. The third-order valence-corrected chi connectivity index (χ3v) is 4.06. The zero-order valence-corrected chi connectivity index (χ0v) is 15.8. The lowest BCUT2D eigenvalue weighted by molar-refractivity contribution is -0.131. The van der Waals surface area contributed by atoms with E-state index in [0.717, 1.165) is 5.56 Å². The van der Waals surface area contributed by atoms with E-state index in [9.17, 15) is 9.59 Å². The van der Waals surface area contributed by atoms with E-state index in [2.05, 4.69) is 0 Å². The predicted octanol–water partition coefficient (Wildman–Crippen LogP) is 4.96. The largest absolute Gasteiger partial charge is 0.455 e. The third kappa shape index (κ3) is 4.76. The standard InChI is InChI=1S/C23H21NO4/c1-17(25)24(16-19-10-6-8-14-22(19)27-18(2)26)21-13-7-9-15-23(21)28-20-11-4-3-5-12-20/h3-15H,16H2,1-2H3. The minimum Gasteiger partial charge on any atom is -0.455 e. The van der Waals surface area contributed by atoms with Crippen molar-refractivity contribution in [3.63, 3.8) is 0 Å². The van der Waals surface area contributed by atoms with Crippen molar-refractivity contribution >= 4 is 17.6 Å². The van der Waals surface area contributed by atoms with Crippen LogP contribution in [-0.4, -0.2) is 11.9 Å². The second kappa shape index (κ2) is 8.86. The van der Waals surface area contributed by atoms with Gasteiger partial charge < -0.3 is 14.4 Å². The van der Waals surface area contributed by atoms with Gasteiger partial charge in [0.15, 0.2) is 5.75 Å². The smallest absolute Gasteiger partial charge is 0.308 e. The zero-order chi connectivity index (χ0) is 19.9. The number of hydrogen-bond acceptors (Lipinski definition) is 4. The van der Waals surface area contributed by atoms with E-state index in [1.54, 1.807) is 17.0 Å². The lowest BCUT2D eigenvalue weighted by atomic mass is 10.1. The molecule has 0 saturated heterocycles. The molecule has 0 heterocycles. The lowest BCUT2D eigenvalue weighted by Gasteiger charge is -2.24. The summed E-state index contributed by atoms with van der Waals surface area (Å²) >= 11 is 0. The maximum absolute atomic E-state index is 12.4. The molecule has 142 valence electrons. The Hall–Kier alpha value is -3.60. The zero-order valence-electron chi connectivity index (χ0n) is 15.8. The molecule has 0 unspecified atom stereocenters. The van der Waals surface area contributed by atoms with E-state index in [-0.39, 0.29) is 12.5 Å². The summed E-state index contributed by atoms with van der Waals surface area (Å²) < 4.78 is 11.3. The number of hydrogen-bond donors (Lipinski definition) is 0. The molecule has 0 aromatic heterocycles. The number of nitrogens with zero attached hydrogens (tertiary/aromatic N) is 1. The van der Waals surface area contributed by atoms with Crippen LogP contribution < -0.4 is 14.4 Å². The van der Waals surface area contributed by atoms with Crippen LogP contribution in [0, 0.1) is 0 Å². The molecule has 0 radical (unpaired) electrons. The van der Waals surface area contributed by atoms with Gasteiger partial charge in [0.25, 0.3) is 0 Å². The van der Waals surface area contributed by atoms with Gasteiger partial charge in [0, 0.05) is 19.4 Å². The van der Waals surface area contributed by atoms with Gasteiger partial charge >= 0.3 is 5.97 Å². The molecular formula is C23H21NO4. The van der Waals surface area contributed by atoms with E-state index >= 15 is 0 Å². The van der Waals surface area contributed by atoms with Gasteiger partial charge in [-0.2, -0.15) is 0 Å². The highest BCUT2D eigenvalue weighted by molar-refractivity contribution is 5.93. The molecule has 0 fully saturated rings. The number of rotatable bonds is 6. The molecule has 0 N–H and O–H groups in total. The van der Waals surface area contributed by atoms with Gasteiger partial charge in [-0.15, -0.1) is 0 Å². The lowest BCUT2D eigenvalue weighted by Crippen LogP contribution is -2.28. The SMILES string of the molecule is CC(=O)Oc1ccccc1CN(C(C)=O)c1ccccc1Oc1ccccc1. The Balaban J connectivity index is 1.94. The highest BCUT2D eigenvalue weighted by atomic mass is 16.5. The maximum atomic E-state index is 12.4. The molecule has 0 aliphatic carbocycles. The topological polar surface area (TPSA) is 55.8 Å². The summed E-state index contributed by atoms with van der Waals surface area (Å²) in [6, 6.07) is 23.9. The first-order valence-corrected chi connectivity index (χ1v) is 8.91. The quantitative estimate of drug-likeness (QED) is 0.451. The monoisotopic (exact) mass is 375 g/mol. The number of amides is 1. The van der Waals surface area contributed by atoms with Gasteiger partial charge in [-0.05, 0) is 30.3 Å². The average molecular weight is 375 g/mol. The fourth-order valence-corrected chi connectivity index (χ4v) is 2.81. The summed E-state index contributed by atoms with van der Waals surface area (Å²) in [5.74, 6) is 1.12. The van der Waals surface area contributed by atoms with Gasteiger partial charge in [0.05, 0.1) is 12.2 Å². The second-order valence-corrected chi connectivity index (χ2v) is 6.19. The first-order valence-electron chi connectivity index (χ1n) is 8.91. The van der Waals surface area contributed by atoms with Gasteiger partial charge in [-0.1, -0.05) is 48.5 Å². The minimum atomic E-state index is -0.408. The molecule has 5 heteroatoms. The van der Waals surface area contributed by atoms with E-state index in [0.29, 0.717) is 22.9 Å². The fraction of sp³-hybridized carbons (Fsp3) is 0.130. The van der Waals surface area contributed by atoms with Gasteiger partial charge in [-0.3, -0.25) is 9.59 Å². The van der Waals surface area contributed by atoms with Crippen molar-refractivity contribution in [3.8, 4) is 17.2 Å². The Labute approximate surface area is 164 Å². The van der Waals surface area contributed by atoms with Crippen LogP contribution in [0.3, 0.4) is 0 Å². The van der Waals surface area contributed by atoms with Crippen LogP contribution in [0.1, 0.15) is 19.4 Å². The van der Waals surface area contributed by atoms with Crippen molar-refractivity contribution in [3.05, 3.63) is 84.4 Å². The van der Waals surface area contributed by atoms with Crippen LogP contribution in [0.2, 0.25) is 0 Å². The summed E-state index contributed by atoms with van der Waals surface area (Å²) in [6.07, 6.45) is 0. The number of benzene rings is 3. The molecule has 0 saturated carbocycles. The molecule has 5 nitrogen and oxygen atoms in total. The molecule has 3 aromatic carbocycles. The first-order chi connectivity index (χ1) is 13.5. The minimum absolute atomic E-state index is 0.151. The number of para-hydroxylation sites is 4. The number of carbonyl (C=O) groups is 2. The van der Waals surface area contributed by atoms with Crippen LogP contribution in [-0.2, 0) is 16.1 Å². The van der Waals surface area contributed by atoms with Gasteiger partial charge in [-0.25, -0.2) is 0 Å². The van der Waals surface area contributed by atoms with Crippen LogP contribution in [0.15, 0.2) is 78.9 Å². The van der Waals surface area contributed by atoms with E-state index in [1.165, 1.54) is 13.8 Å². The average Bonchev–Trinajstić information content (AvgIpc) is 2.68. The molecular weight excluding hydrogens is 354 g/mol. The third-order valence-electron chi connectivity index (χ3n) is 4.06. The van der Waals surface area contributed by atoms with Crippen LogP contribution in [0.5, 0.6) is 17.2 Å². The van der Waals surface area contributed by atoms with E-state index in [4.69, 9.17) is 9.47 Å². The first kappa shape index (κ1) is 19.2. The van der Waals surface area contributed by atoms with Crippen molar-refractivity contribution in [1.82, 2.24) is 0 Å². The van der Waals surface area contributed by atoms with Gasteiger partial charge in [0.1, 0.15) is 11.5 Å². The van der Waals surface area contributed by atoms with Crippen molar-refractivity contribution in [2.24, 2.45) is 0 Å². The summed E-state index contributed by atoms with van der Waals surface area (Å²) in [7, 11) is 0. The summed E-state index contributed by atoms with van der Waals surface area (Å²) in [6.45, 7) is 3.09. The molecule has 0 aliphatic rings. The van der Waals surface area contributed by atoms with E-state index in [1.807, 2.05) is 66.7 Å². The van der Waals surface area contributed by atoms with Gasteiger partial charge in [0.2, 0.25) is 5.91 Å². The highest BCUT2D eigenvalue weighted by Gasteiger charge is 2.19. The summed E-state index contributed by atoms with van der Waals surface area (Å²) in [5, 5.41) is 0. The Morgan fingerprint density at radius 3 is 2.07 bits per heavy atom. The maximum Gasteiger partial charge on any atom is 0.308 e. The Morgan fingerprint density at radius 2 is 1.39 bits per heavy atom. The molecule has 0 spiro atoms. The second-order valence-electron chi connectivity index (χ2n) is 6.19. The summed E-state index contributed by atoms with van der Waals surface area (Å²) in [4.78, 5) is 25.4. The Morgan fingerprint density at radius 1 is 0.786 bits per heavy atom. The molecule has 1 amide bonds. The Kier molecular flexibility index (Phi) is 6.07. The number of ether oxygens (including phenoxy) is 2. The highest BCUT2D eigenvalue weighted by Crippen LogP contribution is 2.34. The van der Waals surface area contributed by atoms with Crippen molar-refractivity contribution < 1.29 is 19.1 Å². The molecule has 3 rings (SSSR count). The number of carbonyl (C=O) groups excluding carboxylic acids is 2. The van der Waals surface area contributed by atoms with Crippen molar-refractivity contribution in [1.29, 1.82) is 0 Å². The van der Waals surface area contributed by atoms with Crippen LogP contribution in [0.4, 0.5) is 5.69 Å². The van der Waals surface area contributed by atoms with Crippen molar-refractivity contribution in [2.45, 2.75) is 20.4 Å².